The highest BCUT2D eigenvalue weighted by molar-refractivity contribution is 7.11. The molecule has 13 heavy (non-hydrogen) atoms. The van der Waals surface area contributed by atoms with E-state index in [0.717, 1.165) is 29.3 Å². The molecule has 2 rings (SSSR count). The van der Waals surface area contributed by atoms with Crippen molar-refractivity contribution >= 4 is 11.3 Å². The van der Waals surface area contributed by atoms with E-state index in [2.05, 4.69) is 4.98 Å². The summed E-state index contributed by atoms with van der Waals surface area (Å²) >= 11 is 1.55. The van der Waals surface area contributed by atoms with Crippen LogP contribution in [0.2, 0.25) is 0 Å². The number of hydrogen-bond acceptors (Lipinski definition) is 4. The Bertz CT molecular complexity index is 279. The second-order valence-corrected chi connectivity index (χ2v) is 4.37. The molecule has 1 aromatic heterocycles. The van der Waals surface area contributed by atoms with Crippen LogP contribution in [0.3, 0.4) is 0 Å². The summed E-state index contributed by atoms with van der Waals surface area (Å²) in [6.45, 7) is 2.60. The lowest BCUT2D eigenvalue weighted by atomic mass is 10.2. The van der Waals surface area contributed by atoms with Crippen molar-refractivity contribution in [3.8, 4) is 0 Å². The Morgan fingerprint density at radius 3 is 3.15 bits per heavy atom. The van der Waals surface area contributed by atoms with Gasteiger partial charge in [-0.2, -0.15) is 0 Å². The van der Waals surface area contributed by atoms with Gasteiger partial charge in [0.2, 0.25) is 0 Å². The first-order valence-corrected chi connectivity index (χ1v) is 5.34. The molecule has 2 atom stereocenters. The summed E-state index contributed by atoms with van der Waals surface area (Å²) in [7, 11) is 0. The first-order valence-electron chi connectivity index (χ1n) is 4.52. The van der Waals surface area contributed by atoms with Crippen molar-refractivity contribution in [2.45, 2.75) is 32.0 Å². The van der Waals surface area contributed by atoms with Gasteiger partial charge >= 0.3 is 0 Å². The maximum absolute atomic E-state index is 9.31. The predicted octanol–water partition coefficient (Wildman–Crippen LogP) is 2.05. The molecule has 0 aromatic carbocycles. The molecular weight excluding hydrogens is 186 g/mol. The molecule has 2 heterocycles. The van der Waals surface area contributed by atoms with Crippen molar-refractivity contribution < 1.29 is 9.84 Å². The summed E-state index contributed by atoms with van der Waals surface area (Å²) in [6, 6.07) is 0. The Morgan fingerprint density at radius 1 is 1.77 bits per heavy atom. The molecule has 1 N–H and O–H groups in total. The molecule has 1 aliphatic rings. The largest absolute Gasteiger partial charge is 0.388 e. The van der Waals surface area contributed by atoms with Gasteiger partial charge in [0, 0.05) is 12.8 Å². The summed E-state index contributed by atoms with van der Waals surface area (Å²) in [6.07, 6.45) is 3.69. The van der Waals surface area contributed by atoms with Gasteiger partial charge in [-0.05, 0) is 19.8 Å². The number of hydrogen-bond donors (Lipinski definition) is 1. The number of aliphatic hydroxyl groups excluding tert-OH is 1. The third-order valence-electron chi connectivity index (χ3n) is 2.16. The van der Waals surface area contributed by atoms with E-state index < -0.39 is 6.10 Å². The van der Waals surface area contributed by atoms with Crippen LogP contribution >= 0.6 is 11.3 Å². The van der Waals surface area contributed by atoms with Crippen LogP contribution in [0.15, 0.2) is 6.20 Å². The molecule has 1 saturated heterocycles. The van der Waals surface area contributed by atoms with Crippen LogP contribution in [0, 0.1) is 0 Å². The van der Waals surface area contributed by atoms with Crippen molar-refractivity contribution in [2.75, 3.05) is 6.61 Å². The molecule has 4 heteroatoms. The average molecular weight is 199 g/mol. The number of aromatic nitrogens is 1. The molecule has 0 spiro atoms. The third kappa shape index (κ3) is 1.90. The van der Waals surface area contributed by atoms with Crippen LogP contribution < -0.4 is 0 Å². The molecule has 3 nitrogen and oxygen atoms in total. The Labute approximate surface area is 81.4 Å². The quantitative estimate of drug-likeness (QED) is 0.792. The summed E-state index contributed by atoms with van der Waals surface area (Å²) in [5, 5.41) is 10.3. The van der Waals surface area contributed by atoms with Gasteiger partial charge in [-0.15, -0.1) is 11.3 Å². The van der Waals surface area contributed by atoms with Crippen molar-refractivity contribution in [2.24, 2.45) is 0 Å². The number of rotatable bonds is 2. The fourth-order valence-corrected chi connectivity index (χ4v) is 2.36. The number of ether oxygens (including phenoxy) is 1. The monoisotopic (exact) mass is 199 g/mol. The maximum Gasteiger partial charge on any atom is 0.122 e. The Balaban J connectivity index is 2.12. The number of aliphatic hydroxyl groups is 1. The first kappa shape index (κ1) is 9.12. The normalized spacial score (nSPS) is 24.9. The summed E-state index contributed by atoms with van der Waals surface area (Å²) in [5.41, 5.74) is 0. The van der Waals surface area contributed by atoms with E-state index in [4.69, 9.17) is 4.74 Å². The first-order chi connectivity index (χ1) is 6.27. The summed E-state index contributed by atoms with van der Waals surface area (Å²) in [5.74, 6) is 0. The van der Waals surface area contributed by atoms with Gasteiger partial charge in [-0.1, -0.05) is 0 Å². The fourth-order valence-electron chi connectivity index (χ4n) is 1.42. The standard InChI is InChI=1S/C9H13NO2S/c1-6(11)8-5-10-9(13-8)7-3-2-4-12-7/h5-7,11H,2-4H2,1H3. The third-order valence-corrected chi connectivity index (χ3v) is 3.42. The van der Waals surface area contributed by atoms with Crippen molar-refractivity contribution in [3.05, 3.63) is 16.1 Å². The molecule has 72 valence electrons. The van der Waals surface area contributed by atoms with Crippen LogP contribution in [-0.4, -0.2) is 16.7 Å². The minimum Gasteiger partial charge on any atom is -0.388 e. The molecule has 1 aliphatic heterocycles. The van der Waals surface area contributed by atoms with Gasteiger partial charge in [0.25, 0.3) is 0 Å². The van der Waals surface area contributed by atoms with Gasteiger partial charge < -0.3 is 9.84 Å². The van der Waals surface area contributed by atoms with Crippen molar-refractivity contribution in [1.29, 1.82) is 0 Å². The maximum atomic E-state index is 9.31. The second-order valence-electron chi connectivity index (χ2n) is 3.28. The average Bonchev–Trinajstić information content (AvgIpc) is 2.75. The molecule has 1 fully saturated rings. The lowest BCUT2D eigenvalue weighted by molar-refractivity contribution is 0.111. The second kappa shape index (κ2) is 3.74. The summed E-state index contributed by atoms with van der Waals surface area (Å²) < 4.78 is 5.50. The molecule has 0 radical (unpaired) electrons. The van der Waals surface area contributed by atoms with Crippen LogP contribution in [0.5, 0.6) is 0 Å². The van der Waals surface area contributed by atoms with E-state index >= 15 is 0 Å². The highest BCUT2D eigenvalue weighted by Crippen LogP contribution is 2.32. The van der Waals surface area contributed by atoms with Crippen LogP contribution in [0.4, 0.5) is 0 Å². The lowest BCUT2D eigenvalue weighted by Gasteiger charge is -2.03. The fraction of sp³-hybridized carbons (Fsp3) is 0.667. The predicted molar refractivity (Wildman–Crippen MR) is 50.7 cm³/mol. The lowest BCUT2D eigenvalue weighted by Crippen LogP contribution is -1.93. The van der Waals surface area contributed by atoms with Crippen molar-refractivity contribution in [3.63, 3.8) is 0 Å². The SMILES string of the molecule is CC(O)c1cnc(C2CCCO2)s1. The van der Waals surface area contributed by atoms with E-state index in [1.54, 1.807) is 24.5 Å². The van der Waals surface area contributed by atoms with Crippen LogP contribution in [0.1, 0.15) is 41.9 Å². The van der Waals surface area contributed by atoms with Gasteiger partial charge in [0.15, 0.2) is 0 Å². The zero-order valence-corrected chi connectivity index (χ0v) is 8.38. The Morgan fingerprint density at radius 2 is 2.62 bits per heavy atom. The number of nitrogens with zero attached hydrogens (tertiary/aromatic N) is 1. The number of thiazole rings is 1. The van der Waals surface area contributed by atoms with E-state index in [1.807, 2.05) is 0 Å². The van der Waals surface area contributed by atoms with Gasteiger partial charge in [0.05, 0.1) is 11.0 Å². The highest BCUT2D eigenvalue weighted by Gasteiger charge is 2.21. The van der Waals surface area contributed by atoms with E-state index in [0.29, 0.717) is 0 Å². The molecule has 0 bridgehead atoms. The minimum atomic E-state index is -0.410. The molecule has 0 aliphatic carbocycles. The topological polar surface area (TPSA) is 42.4 Å². The molecular formula is C9H13NO2S. The smallest absolute Gasteiger partial charge is 0.122 e. The Hall–Kier alpha value is -0.450. The highest BCUT2D eigenvalue weighted by atomic mass is 32.1. The van der Waals surface area contributed by atoms with Gasteiger partial charge in [0.1, 0.15) is 11.1 Å². The van der Waals surface area contributed by atoms with Gasteiger partial charge in [-0.3, -0.25) is 0 Å². The Kier molecular flexibility index (Phi) is 2.62. The van der Waals surface area contributed by atoms with Crippen LogP contribution in [0.25, 0.3) is 0 Å². The molecule has 1 aromatic rings. The minimum absolute atomic E-state index is 0.178. The summed E-state index contributed by atoms with van der Waals surface area (Å²) in [4.78, 5) is 5.17. The molecule has 0 saturated carbocycles. The van der Waals surface area contributed by atoms with Crippen molar-refractivity contribution in [1.82, 2.24) is 4.98 Å². The van der Waals surface area contributed by atoms with E-state index in [1.165, 1.54) is 0 Å². The molecule has 0 amide bonds. The molecule has 2 unspecified atom stereocenters. The zero-order chi connectivity index (χ0) is 9.26. The van der Waals surface area contributed by atoms with Crippen LogP contribution in [-0.2, 0) is 4.74 Å². The van der Waals surface area contributed by atoms with E-state index in [9.17, 15) is 5.11 Å². The zero-order valence-electron chi connectivity index (χ0n) is 7.56. The van der Waals surface area contributed by atoms with E-state index in [-0.39, 0.29) is 6.10 Å². The van der Waals surface area contributed by atoms with Gasteiger partial charge in [-0.25, -0.2) is 4.98 Å².